The Hall–Kier alpha value is -0.650. The second-order valence-corrected chi connectivity index (χ2v) is 6.28. The van der Waals surface area contributed by atoms with Gasteiger partial charge >= 0.3 is 0 Å². The van der Waals surface area contributed by atoms with Gasteiger partial charge in [-0.25, -0.2) is 0 Å². The highest BCUT2D eigenvalue weighted by molar-refractivity contribution is 5.76. The van der Waals surface area contributed by atoms with Crippen molar-refractivity contribution >= 4 is 5.91 Å². The lowest BCUT2D eigenvalue weighted by molar-refractivity contribution is -0.133. The molecule has 2 aliphatic heterocycles. The van der Waals surface area contributed by atoms with Gasteiger partial charge in [0, 0.05) is 45.2 Å². The lowest BCUT2D eigenvalue weighted by Crippen LogP contribution is -2.46. The highest BCUT2D eigenvalue weighted by atomic mass is 16.5. The van der Waals surface area contributed by atoms with Crippen molar-refractivity contribution in [2.24, 2.45) is 11.7 Å². The van der Waals surface area contributed by atoms with Crippen LogP contribution in [0.3, 0.4) is 0 Å². The number of carbonyl (C=O) groups excluding carboxylic acids is 1. The molecule has 0 aromatic rings. The van der Waals surface area contributed by atoms with E-state index in [2.05, 4.69) is 9.80 Å². The third-order valence-electron chi connectivity index (χ3n) is 4.31. The van der Waals surface area contributed by atoms with Gasteiger partial charge in [0.1, 0.15) is 0 Å². The van der Waals surface area contributed by atoms with Crippen molar-refractivity contribution in [2.45, 2.75) is 38.6 Å². The molecule has 2 heterocycles. The fourth-order valence-electron chi connectivity index (χ4n) is 3.10. The van der Waals surface area contributed by atoms with Crippen LogP contribution in [0.1, 0.15) is 32.6 Å². The average Bonchev–Trinajstić information content (AvgIpc) is 2.46. The van der Waals surface area contributed by atoms with Gasteiger partial charge in [0.25, 0.3) is 0 Å². The van der Waals surface area contributed by atoms with E-state index in [1.165, 1.54) is 6.42 Å². The summed E-state index contributed by atoms with van der Waals surface area (Å²) in [6.45, 7) is 8.70. The normalized spacial score (nSPS) is 26.5. The van der Waals surface area contributed by atoms with Crippen molar-refractivity contribution in [3.8, 4) is 0 Å². The number of nitrogens with zero attached hydrogens (tertiary/aromatic N) is 2. The Bertz CT molecular complexity index is 303. The van der Waals surface area contributed by atoms with Gasteiger partial charge in [-0.05, 0) is 32.1 Å². The summed E-state index contributed by atoms with van der Waals surface area (Å²) < 4.78 is 5.38. The Balaban J connectivity index is 1.74. The van der Waals surface area contributed by atoms with Gasteiger partial charge in [-0.3, -0.25) is 9.69 Å². The summed E-state index contributed by atoms with van der Waals surface area (Å²) in [5.74, 6) is 0.912. The van der Waals surface area contributed by atoms with Gasteiger partial charge in [-0.15, -0.1) is 0 Å². The number of carbonyl (C=O) groups is 1. The predicted octanol–water partition coefficient (Wildman–Crippen LogP) is 0.685. The zero-order valence-corrected chi connectivity index (χ0v) is 12.7. The van der Waals surface area contributed by atoms with Crippen molar-refractivity contribution < 1.29 is 9.53 Å². The quantitative estimate of drug-likeness (QED) is 0.806. The number of nitrogens with two attached hydrogens (primary N) is 1. The molecule has 0 aromatic carbocycles. The van der Waals surface area contributed by atoms with Crippen LogP contribution in [0.5, 0.6) is 0 Å². The van der Waals surface area contributed by atoms with Crippen molar-refractivity contribution in [3.63, 3.8) is 0 Å². The molecule has 2 saturated heterocycles. The van der Waals surface area contributed by atoms with E-state index in [1.54, 1.807) is 0 Å². The number of hydrogen-bond acceptors (Lipinski definition) is 4. The molecule has 0 radical (unpaired) electrons. The largest absolute Gasteiger partial charge is 0.379 e. The first-order chi connectivity index (χ1) is 9.65. The summed E-state index contributed by atoms with van der Waals surface area (Å²) in [5.41, 5.74) is 5.73. The molecule has 5 nitrogen and oxygen atoms in total. The van der Waals surface area contributed by atoms with E-state index >= 15 is 0 Å². The number of hydrogen-bond donors (Lipinski definition) is 1. The van der Waals surface area contributed by atoms with E-state index in [0.717, 1.165) is 58.8 Å². The lowest BCUT2D eigenvalue weighted by atomic mass is 9.96. The van der Waals surface area contributed by atoms with Crippen molar-refractivity contribution in [1.82, 2.24) is 9.80 Å². The molecular weight excluding hydrogens is 254 g/mol. The van der Waals surface area contributed by atoms with E-state index in [0.29, 0.717) is 12.3 Å². The summed E-state index contributed by atoms with van der Waals surface area (Å²) in [6.07, 6.45) is 3.78. The molecular formula is C15H29N3O2. The Morgan fingerprint density at radius 2 is 2.10 bits per heavy atom. The molecule has 1 amide bonds. The van der Waals surface area contributed by atoms with Crippen molar-refractivity contribution in [1.29, 1.82) is 0 Å². The maximum absolute atomic E-state index is 12.2. The molecule has 116 valence electrons. The van der Waals surface area contributed by atoms with Crippen LogP contribution in [-0.2, 0) is 9.53 Å². The third kappa shape index (κ3) is 5.04. The van der Waals surface area contributed by atoms with Crippen LogP contribution in [0.4, 0.5) is 0 Å². The van der Waals surface area contributed by atoms with E-state index in [4.69, 9.17) is 10.5 Å². The summed E-state index contributed by atoms with van der Waals surface area (Å²) >= 11 is 0. The first-order valence-electron chi connectivity index (χ1n) is 7.98. The van der Waals surface area contributed by atoms with Crippen LogP contribution >= 0.6 is 0 Å². The summed E-state index contributed by atoms with van der Waals surface area (Å²) in [4.78, 5) is 16.7. The number of amides is 1. The van der Waals surface area contributed by atoms with Gasteiger partial charge in [-0.1, -0.05) is 0 Å². The lowest BCUT2D eigenvalue weighted by Gasteiger charge is -2.37. The maximum Gasteiger partial charge on any atom is 0.222 e. The van der Waals surface area contributed by atoms with Crippen LogP contribution in [0.15, 0.2) is 0 Å². The van der Waals surface area contributed by atoms with E-state index in [1.807, 2.05) is 6.92 Å². The Morgan fingerprint density at radius 3 is 2.80 bits per heavy atom. The molecule has 0 aromatic heterocycles. The smallest absolute Gasteiger partial charge is 0.222 e. The van der Waals surface area contributed by atoms with Crippen LogP contribution in [0.25, 0.3) is 0 Å². The molecule has 0 saturated carbocycles. The molecule has 2 aliphatic rings. The second kappa shape index (κ2) is 7.96. The maximum atomic E-state index is 12.2. The molecule has 5 heteroatoms. The molecule has 2 atom stereocenters. The Labute approximate surface area is 122 Å². The fraction of sp³-hybridized carbons (Fsp3) is 0.933. The molecule has 0 aliphatic carbocycles. The molecule has 2 rings (SSSR count). The monoisotopic (exact) mass is 283 g/mol. The number of piperidine rings is 1. The molecule has 2 unspecified atom stereocenters. The summed E-state index contributed by atoms with van der Waals surface area (Å²) in [6, 6.07) is 0.118. The topological polar surface area (TPSA) is 58.8 Å². The average molecular weight is 283 g/mol. The first kappa shape index (κ1) is 15.7. The number of ether oxygens (including phenoxy) is 1. The minimum atomic E-state index is 0.118. The highest BCUT2D eigenvalue weighted by Gasteiger charge is 2.25. The molecule has 2 N–H and O–H groups in total. The van der Waals surface area contributed by atoms with Crippen molar-refractivity contribution in [2.75, 3.05) is 45.9 Å². The molecule has 0 spiro atoms. The van der Waals surface area contributed by atoms with Crippen molar-refractivity contribution in [3.05, 3.63) is 0 Å². The summed E-state index contributed by atoms with van der Waals surface area (Å²) in [5, 5.41) is 0. The van der Waals surface area contributed by atoms with Crippen LogP contribution < -0.4 is 5.73 Å². The van der Waals surface area contributed by atoms with Gasteiger partial charge in [0.05, 0.1) is 13.2 Å². The number of morpholine rings is 1. The van der Waals surface area contributed by atoms with Gasteiger partial charge in [0.15, 0.2) is 0 Å². The first-order valence-corrected chi connectivity index (χ1v) is 7.98. The third-order valence-corrected chi connectivity index (χ3v) is 4.31. The standard InChI is InChI=1S/C15H29N3O2/c1-13(16)4-5-15(19)18-6-2-3-14(12-18)11-17-7-9-20-10-8-17/h13-14H,2-12,16H2,1H3. The Kier molecular flexibility index (Phi) is 6.26. The minimum absolute atomic E-state index is 0.118. The zero-order valence-electron chi connectivity index (χ0n) is 12.7. The van der Waals surface area contributed by atoms with Gasteiger partial charge in [0.2, 0.25) is 5.91 Å². The molecule has 0 bridgehead atoms. The SMILES string of the molecule is CC(N)CCC(=O)N1CCCC(CN2CCOCC2)C1. The minimum Gasteiger partial charge on any atom is -0.379 e. The van der Waals surface area contributed by atoms with Gasteiger partial charge in [-0.2, -0.15) is 0 Å². The zero-order chi connectivity index (χ0) is 14.4. The predicted molar refractivity (Wildman–Crippen MR) is 79.4 cm³/mol. The number of likely N-dealkylation sites (tertiary alicyclic amines) is 1. The van der Waals surface area contributed by atoms with E-state index in [-0.39, 0.29) is 11.9 Å². The van der Waals surface area contributed by atoms with E-state index < -0.39 is 0 Å². The van der Waals surface area contributed by atoms with Crippen LogP contribution in [-0.4, -0.2) is 67.7 Å². The second-order valence-electron chi connectivity index (χ2n) is 6.28. The molecule has 2 fully saturated rings. The molecule has 20 heavy (non-hydrogen) atoms. The van der Waals surface area contributed by atoms with E-state index in [9.17, 15) is 4.79 Å². The fourth-order valence-corrected chi connectivity index (χ4v) is 3.10. The Morgan fingerprint density at radius 1 is 1.35 bits per heavy atom. The number of rotatable bonds is 5. The summed E-state index contributed by atoms with van der Waals surface area (Å²) in [7, 11) is 0. The van der Waals surface area contributed by atoms with Crippen LogP contribution in [0, 0.1) is 5.92 Å². The highest BCUT2D eigenvalue weighted by Crippen LogP contribution is 2.19. The van der Waals surface area contributed by atoms with Crippen LogP contribution in [0.2, 0.25) is 0 Å². The van der Waals surface area contributed by atoms with Gasteiger partial charge < -0.3 is 15.4 Å².